The van der Waals surface area contributed by atoms with Gasteiger partial charge in [-0.2, -0.15) is 4.39 Å². The van der Waals surface area contributed by atoms with Crippen LogP contribution in [0.3, 0.4) is 0 Å². The number of amidine groups is 1. The zero-order chi connectivity index (χ0) is 23.4. The van der Waals surface area contributed by atoms with Crippen molar-refractivity contribution in [3.63, 3.8) is 0 Å². The molecule has 1 aromatic heterocycles. The Morgan fingerprint density at radius 2 is 2.06 bits per heavy atom. The van der Waals surface area contributed by atoms with Gasteiger partial charge in [0.2, 0.25) is 5.95 Å². The van der Waals surface area contributed by atoms with Crippen LogP contribution in [0.25, 0.3) is 0 Å². The number of pyridine rings is 1. The molecule has 8 heteroatoms. The molecule has 2 aromatic rings. The van der Waals surface area contributed by atoms with Crippen molar-refractivity contribution in [2.24, 2.45) is 16.5 Å². The Labute approximate surface area is 193 Å². The quantitative estimate of drug-likeness (QED) is 0.259. The van der Waals surface area contributed by atoms with Crippen LogP contribution in [0, 0.1) is 5.95 Å². The highest BCUT2D eigenvalue weighted by atomic mass is 19.1. The molecule has 0 unspecified atom stereocenters. The van der Waals surface area contributed by atoms with Crippen LogP contribution in [0.5, 0.6) is 0 Å². The standard InChI is InChI=1S/C25H31FN6O/c1-2-25(11-7-19(8-12-25)32-14-10-17-5-3-4-6-21(17)32)30-16-20(24(28)33)23(27)31-18-9-13-29-22(26)15-18/h3-6,9,13,15-16,19,30H,2,7-8,10-12,14H2,1H3,(H2,28,33)(H2,27,29,31)/b20-16+. The summed E-state index contributed by atoms with van der Waals surface area (Å²) < 4.78 is 13.3. The Morgan fingerprint density at radius 3 is 2.76 bits per heavy atom. The van der Waals surface area contributed by atoms with E-state index in [0.717, 1.165) is 51.1 Å². The lowest BCUT2D eigenvalue weighted by atomic mass is 9.77. The van der Waals surface area contributed by atoms with Gasteiger partial charge in [-0.3, -0.25) is 4.79 Å². The number of rotatable bonds is 7. The molecule has 5 N–H and O–H groups in total. The number of nitrogens with zero attached hydrogens (tertiary/aromatic N) is 3. The third-order valence-electron chi connectivity index (χ3n) is 6.98. The first-order chi connectivity index (χ1) is 15.9. The minimum atomic E-state index is -0.688. The first kappa shape index (κ1) is 22.8. The number of aliphatic imine (C=N–C) groups is 1. The Hall–Kier alpha value is -3.42. The minimum absolute atomic E-state index is 0.0609. The Balaban J connectivity index is 1.46. The van der Waals surface area contributed by atoms with Crippen LogP contribution < -0.4 is 21.7 Å². The minimum Gasteiger partial charge on any atom is -0.385 e. The molecule has 0 saturated heterocycles. The van der Waals surface area contributed by atoms with Gasteiger partial charge in [-0.25, -0.2) is 9.98 Å². The average molecular weight is 451 g/mol. The molecule has 1 saturated carbocycles. The lowest BCUT2D eigenvalue weighted by Gasteiger charge is -2.43. The maximum Gasteiger partial charge on any atom is 0.253 e. The fourth-order valence-corrected chi connectivity index (χ4v) is 4.97. The second-order valence-electron chi connectivity index (χ2n) is 8.84. The van der Waals surface area contributed by atoms with Gasteiger partial charge < -0.3 is 21.7 Å². The second-order valence-corrected chi connectivity index (χ2v) is 8.84. The van der Waals surface area contributed by atoms with Gasteiger partial charge >= 0.3 is 0 Å². The molecule has 174 valence electrons. The van der Waals surface area contributed by atoms with Gasteiger partial charge in [-0.05, 0) is 56.2 Å². The normalized spacial score (nSPS) is 23.3. The van der Waals surface area contributed by atoms with Crippen LogP contribution in [0.15, 0.2) is 59.4 Å². The fourth-order valence-electron chi connectivity index (χ4n) is 4.97. The molecule has 4 rings (SSSR count). The van der Waals surface area contributed by atoms with E-state index < -0.39 is 11.9 Å². The number of para-hydroxylation sites is 1. The molecule has 2 aliphatic rings. The molecule has 1 amide bonds. The number of amides is 1. The summed E-state index contributed by atoms with van der Waals surface area (Å²) >= 11 is 0. The van der Waals surface area contributed by atoms with Gasteiger partial charge in [0.1, 0.15) is 5.84 Å². The van der Waals surface area contributed by atoms with Crippen molar-refractivity contribution in [2.75, 3.05) is 11.4 Å². The molecule has 33 heavy (non-hydrogen) atoms. The van der Waals surface area contributed by atoms with Crippen molar-refractivity contribution < 1.29 is 9.18 Å². The highest BCUT2D eigenvalue weighted by Crippen LogP contribution is 2.38. The number of hydrogen-bond acceptors (Lipinski definition) is 5. The molecule has 2 heterocycles. The van der Waals surface area contributed by atoms with Gasteiger partial charge in [-0.15, -0.1) is 0 Å². The third kappa shape index (κ3) is 4.99. The summed E-state index contributed by atoms with van der Waals surface area (Å²) in [7, 11) is 0. The maximum absolute atomic E-state index is 13.3. The maximum atomic E-state index is 13.3. The highest BCUT2D eigenvalue weighted by Gasteiger charge is 2.36. The monoisotopic (exact) mass is 450 g/mol. The number of anilines is 1. The summed E-state index contributed by atoms with van der Waals surface area (Å²) in [5.41, 5.74) is 14.6. The Kier molecular flexibility index (Phi) is 6.62. The first-order valence-electron chi connectivity index (χ1n) is 11.5. The van der Waals surface area contributed by atoms with Crippen LogP contribution in [0.2, 0.25) is 0 Å². The Bertz CT molecular complexity index is 1070. The lowest BCUT2D eigenvalue weighted by molar-refractivity contribution is -0.114. The lowest BCUT2D eigenvalue weighted by Crippen LogP contribution is -2.49. The summed E-state index contributed by atoms with van der Waals surface area (Å²) in [4.78, 5) is 22.3. The van der Waals surface area contributed by atoms with Gasteiger partial charge in [0.05, 0.1) is 11.3 Å². The number of nitrogens with two attached hydrogens (primary N) is 2. The molecule has 0 atom stereocenters. The number of benzene rings is 1. The van der Waals surface area contributed by atoms with Gasteiger partial charge in [0.25, 0.3) is 5.91 Å². The van der Waals surface area contributed by atoms with Crippen LogP contribution in [0.1, 0.15) is 44.6 Å². The van der Waals surface area contributed by atoms with E-state index in [1.54, 1.807) is 6.20 Å². The van der Waals surface area contributed by atoms with E-state index in [9.17, 15) is 9.18 Å². The van der Waals surface area contributed by atoms with E-state index in [-0.39, 0.29) is 22.6 Å². The van der Waals surface area contributed by atoms with Crippen molar-refractivity contribution in [1.82, 2.24) is 10.3 Å². The van der Waals surface area contributed by atoms with Crippen molar-refractivity contribution in [3.8, 4) is 0 Å². The number of nitrogens with one attached hydrogen (secondary N) is 1. The molecular formula is C25H31FN6O. The molecular weight excluding hydrogens is 419 g/mol. The summed E-state index contributed by atoms with van der Waals surface area (Å²) in [6.07, 6.45) is 8.96. The highest BCUT2D eigenvalue weighted by molar-refractivity contribution is 6.20. The van der Waals surface area contributed by atoms with E-state index in [1.807, 2.05) is 0 Å². The predicted octanol–water partition coefficient (Wildman–Crippen LogP) is 3.32. The van der Waals surface area contributed by atoms with E-state index in [1.165, 1.54) is 23.5 Å². The van der Waals surface area contributed by atoms with Gasteiger partial charge in [0.15, 0.2) is 0 Å². The van der Waals surface area contributed by atoms with Crippen LogP contribution >= 0.6 is 0 Å². The van der Waals surface area contributed by atoms with Crippen molar-refractivity contribution in [2.45, 2.75) is 57.0 Å². The fraction of sp³-hybridized carbons (Fsp3) is 0.400. The number of carbonyl (C=O) groups excluding carboxylic acids is 1. The van der Waals surface area contributed by atoms with E-state index in [2.05, 4.69) is 51.4 Å². The number of hydrogen-bond donors (Lipinski definition) is 3. The SMILES string of the molecule is CCC1(N/C=C(/C(N)=O)C(N)=Nc2ccnc(F)c2)CCC(N2CCc3ccccc32)CC1. The molecule has 0 radical (unpaired) electrons. The zero-order valence-electron chi connectivity index (χ0n) is 18.9. The smallest absolute Gasteiger partial charge is 0.253 e. The molecule has 1 aliphatic carbocycles. The molecule has 1 fully saturated rings. The van der Waals surface area contributed by atoms with Crippen LogP contribution in [-0.2, 0) is 11.2 Å². The molecule has 1 aromatic carbocycles. The van der Waals surface area contributed by atoms with E-state index >= 15 is 0 Å². The van der Waals surface area contributed by atoms with Crippen molar-refractivity contribution in [3.05, 3.63) is 65.9 Å². The molecule has 0 bridgehead atoms. The van der Waals surface area contributed by atoms with Gasteiger partial charge in [-0.1, -0.05) is 25.1 Å². The molecule has 0 spiro atoms. The number of aromatic nitrogens is 1. The summed E-state index contributed by atoms with van der Waals surface area (Å²) in [6.45, 7) is 3.22. The zero-order valence-corrected chi connectivity index (χ0v) is 18.9. The van der Waals surface area contributed by atoms with Crippen molar-refractivity contribution >= 4 is 23.1 Å². The summed E-state index contributed by atoms with van der Waals surface area (Å²) in [6, 6.07) is 11.8. The summed E-state index contributed by atoms with van der Waals surface area (Å²) in [5, 5.41) is 3.45. The van der Waals surface area contributed by atoms with Crippen molar-refractivity contribution in [1.29, 1.82) is 0 Å². The Morgan fingerprint density at radius 1 is 1.30 bits per heavy atom. The number of fused-ring (bicyclic) bond motifs is 1. The second kappa shape index (κ2) is 9.60. The van der Waals surface area contributed by atoms with Crippen LogP contribution in [-0.4, -0.2) is 34.9 Å². The first-order valence-corrected chi connectivity index (χ1v) is 11.5. The number of halogens is 1. The third-order valence-corrected chi connectivity index (χ3v) is 6.98. The topological polar surface area (TPSA) is 110 Å². The molecule has 7 nitrogen and oxygen atoms in total. The average Bonchev–Trinajstić information content (AvgIpc) is 3.23. The largest absolute Gasteiger partial charge is 0.385 e. The number of carbonyl (C=O) groups is 1. The van der Waals surface area contributed by atoms with E-state index in [0.29, 0.717) is 6.04 Å². The molecule has 1 aliphatic heterocycles. The van der Waals surface area contributed by atoms with E-state index in [4.69, 9.17) is 11.5 Å². The van der Waals surface area contributed by atoms with Crippen LogP contribution in [0.4, 0.5) is 15.8 Å². The van der Waals surface area contributed by atoms with Gasteiger partial charge in [0, 0.05) is 42.3 Å². The predicted molar refractivity (Wildman–Crippen MR) is 129 cm³/mol. The number of primary amides is 1. The summed E-state index contributed by atoms with van der Waals surface area (Å²) in [5.74, 6) is -1.42.